The second-order valence-corrected chi connectivity index (χ2v) is 13.1. The van der Waals surface area contributed by atoms with Crippen molar-refractivity contribution in [2.24, 2.45) is 0 Å². The molecule has 4 aromatic rings. The van der Waals surface area contributed by atoms with Gasteiger partial charge in [-0.1, -0.05) is 0 Å². The predicted molar refractivity (Wildman–Crippen MR) is 165 cm³/mol. The lowest BCUT2D eigenvalue weighted by atomic mass is 10.1. The number of fused-ring (bicyclic) bond motifs is 1. The van der Waals surface area contributed by atoms with Gasteiger partial charge in [-0.05, 0) is 52.8 Å². The Morgan fingerprint density at radius 2 is 1.77 bits per heavy atom. The van der Waals surface area contributed by atoms with Gasteiger partial charge in [0.15, 0.2) is 0 Å². The van der Waals surface area contributed by atoms with Gasteiger partial charge in [0.1, 0.15) is 22.8 Å². The number of sulfonamides is 1. The van der Waals surface area contributed by atoms with Crippen LogP contribution in [0.25, 0.3) is 11.0 Å². The Morgan fingerprint density at radius 3 is 2.48 bits per heavy atom. The molecule has 234 valence electrons. The molecule has 44 heavy (non-hydrogen) atoms. The van der Waals surface area contributed by atoms with Gasteiger partial charge >= 0.3 is 6.36 Å². The molecule has 0 radical (unpaired) electrons. The Hall–Kier alpha value is -3.80. The fraction of sp³-hybridized carbons (Fsp3) is 0.333. The number of likely N-dealkylation sites (N-methyl/N-ethyl adjacent to an activating group) is 1. The maximum Gasteiger partial charge on any atom is 0.573 e. The summed E-state index contributed by atoms with van der Waals surface area (Å²) in [7, 11) is -0.255. The van der Waals surface area contributed by atoms with Crippen LogP contribution in [-0.4, -0.2) is 91.0 Å². The van der Waals surface area contributed by atoms with Gasteiger partial charge in [-0.2, -0.15) is 4.98 Å². The molecular formula is C27H29BrF3N9O3S. The summed E-state index contributed by atoms with van der Waals surface area (Å²) in [5.41, 5.74) is 2.38. The lowest BCUT2D eigenvalue weighted by molar-refractivity contribution is -0.274. The van der Waals surface area contributed by atoms with Gasteiger partial charge in [0.05, 0.1) is 21.9 Å². The Balaban J connectivity index is 1.46. The summed E-state index contributed by atoms with van der Waals surface area (Å²) in [6, 6.07) is 7.65. The van der Waals surface area contributed by atoms with Crippen molar-refractivity contribution in [1.29, 1.82) is 0 Å². The van der Waals surface area contributed by atoms with Gasteiger partial charge in [-0.15, -0.1) is 13.2 Å². The highest BCUT2D eigenvalue weighted by atomic mass is 79.9. The van der Waals surface area contributed by atoms with E-state index in [2.05, 4.69) is 61.0 Å². The van der Waals surface area contributed by atoms with E-state index in [1.165, 1.54) is 37.8 Å². The van der Waals surface area contributed by atoms with Crippen LogP contribution in [0.4, 0.5) is 42.0 Å². The van der Waals surface area contributed by atoms with Gasteiger partial charge < -0.3 is 20.3 Å². The number of alkyl halides is 3. The highest BCUT2D eigenvalue weighted by molar-refractivity contribution is 9.10. The van der Waals surface area contributed by atoms with Crippen LogP contribution in [-0.2, 0) is 16.6 Å². The van der Waals surface area contributed by atoms with E-state index >= 15 is 0 Å². The molecule has 0 aliphatic carbocycles. The Kier molecular flexibility index (Phi) is 9.10. The molecule has 5 rings (SSSR count). The fourth-order valence-corrected chi connectivity index (χ4v) is 5.47. The number of ether oxygens (including phenoxy) is 1. The van der Waals surface area contributed by atoms with Gasteiger partial charge in [0.25, 0.3) is 0 Å². The summed E-state index contributed by atoms with van der Waals surface area (Å²) < 4.78 is 70.3. The summed E-state index contributed by atoms with van der Waals surface area (Å²) in [6.45, 7) is 3.72. The molecule has 0 amide bonds. The van der Waals surface area contributed by atoms with Crippen molar-refractivity contribution < 1.29 is 26.3 Å². The van der Waals surface area contributed by atoms with Crippen molar-refractivity contribution in [3.05, 3.63) is 59.0 Å². The van der Waals surface area contributed by atoms with Crippen molar-refractivity contribution in [2.45, 2.75) is 12.9 Å². The Morgan fingerprint density at radius 1 is 1.05 bits per heavy atom. The number of rotatable bonds is 9. The zero-order valence-corrected chi connectivity index (χ0v) is 26.3. The highest BCUT2D eigenvalue weighted by Crippen LogP contribution is 2.37. The maximum absolute atomic E-state index is 13.2. The van der Waals surface area contributed by atoms with Crippen molar-refractivity contribution >= 4 is 65.8 Å². The van der Waals surface area contributed by atoms with Crippen LogP contribution in [0, 0.1) is 0 Å². The van der Waals surface area contributed by atoms with E-state index in [1.54, 1.807) is 18.2 Å². The number of anilines is 5. The molecule has 2 N–H and O–H groups in total. The van der Waals surface area contributed by atoms with Crippen LogP contribution in [0.15, 0.2) is 53.4 Å². The lowest BCUT2D eigenvalue weighted by Crippen LogP contribution is -2.43. The number of nitrogens with zero attached hydrogens (tertiary/aromatic N) is 7. The molecule has 0 spiro atoms. The van der Waals surface area contributed by atoms with E-state index in [0.29, 0.717) is 39.0 Å². The predicted octanol–water partition coefficient (Wildman–Crippen LogP) is 4.71. The zero-order chi connectivity index (χ0) is 31.6. The van der Waals surface area contributed by atoms with E-state index in [0.717, 1.165) is 36.7 Å². The largest absolute Gasteiger partial charge is 0.573 e. The van der Waals surface area contributed by atoms with E-state index < -0.39 is 16.4 Å². The van der Waals surface area contributed by atoms with E-state index in [4.69, 9.17) is 0 Å². The van der Waals surface area contributed by atoms with Gasteiger partial charge in [-0.3, -0.25) is 19.2 Å². The Labute approximate surface area is 260 Å². The van der Waals surface area contributed by atoms with Crippen LogP contribution in [0.1, 0.15) is 5.56 Å². The van der Waals surface area contributed by atoms with E-state index in [9.17, 15) is 21.6 Å². The normalized spacial score (nSPS) is 14.9. The standard InChI is InChI=1S/C27H29BrF3N9O3S/c1-38-8-10-40(11-9-38)16-17-12-18(14-19(13-17)43-27(29,30)31)35-26-34-15-20(28)25(37-26)36-22-5-4-21-23(33-7-6-32-21)24(22)39(2)44(3,41)42/h4-7,12-15H,8-11,16H2,1-3H3,(H2,34,35,36,37). The second-order valence-electron chi connectivity index (χ2n) is 10.2. The number of piperazine rings is 1. The molecule has 2 aromatic heterocycles. The van der Waals surface area contributed by atoms with Crippen LogP contribution in [0.2, 0.25) is 0 Å². The first-order valence-corrected chi connectivity index (χ1v) is 15.9. The SMILES string of the molecule is CN1CCN(Cc2cc(Nc3ncc(Br)c(Nc4ccc5nccnc5c4N(C)S(C)(=O)=O)n3)cc(OC(F)(F)F)c2)CC1. The van der Waals surface area contributed by atoms with Crippen molar-refractivity contribution in [3.8, 4) is 5.75 Å². The third-order valence-corrected chi connectivity index (χ3v) is 8.64. The monoisotopic (exact) mass is 695 g/mol. The van der Waals surface area contributed by atoms with Gasteiger partial charge in [0.2, 0.25) is 16.0 Å². The number of nitrogens with one attached hydrogen (secondary N) is 2. The minimum atomic E-state index is -4.87. The summed E-state index contributed by atoms with van der Waals surface area (Å²) in [4.78, 5) is 21.7. The minimum Gasteiger partial charge on any atom is -0.406 e. The third-order valence-electron chi connectivity index (χ3n) is 6.88. The second kappa shape index (κ2) is 12.7. The minimum absolute atomic E-state index is 0.0732. The molecular weight excluding hydrogens is 667 g/mol. The van der Waals surface area contributed by atoms with Gasteiger partial charge in [0, 0.05) is 70.1 Å². The van der Waals surface area contributed by atoms with Crippen LogP contribution in [0.3, 0.4) is 0 Å². The molecule has 1 aliphatic rings. The molecule has 0 bridgehead atoms. The quantitative estimate of drug-likeness (QED) is 0.253. The zero-order valence-electron chi connectivity index (χ0n) is 23.9. The first-order chi connectivity index (χ1) is 20.7. The first kappa shape index (κ1) is 31.6. The summed E-state index contributed by atoms with van der Waals surface area (Å²) in [6.07, 6.45) is 0.631. The molecule has 1 fully saturated rings. The van der Waals surface area contributed by atoms with Gasteiger partial charge in [-0.25, -0.2) is 13.4 Å². The van der Waals surface area contributed by atoms with E-state index in [1.807, 2.05) is 7.05 Å². The topological polar surface area (TPSA) is 129 Å². The highest BCUT2D eigenvalue weighted by Gasteiger charge is 2.31. The number of hydrogen-bond acceptors (Lipinski definition) is 11. The van der Waals surface area contributed by atoms with Crippen LogP contribution in [0.5, 0.6) is 5.75 Å². The molecule has 17 heteroatoms. The molecule has 1 aliphatic heterocycles. The average Bonchev–Trinajstić information content (AvgIpc) is 2.94. The fourth-order valence-electron chi connectivity index (χ4n) is 4.66. The average molecular weight is 697 g/mol. The molecule has 3 heterocycles. The number of halogens is 4. The molecule has 0 atom stereocenters. The number of hydrogen-bond donors (Lipinski definition) is 2. The van der Waals surface area contributed by atoms with Crippen molar-refractivity contribution in [2.75, 3.05) is 61.5 Å². The summed E-state index contributed by atoms with van der Waals surface area (Å²) in [5, 5.41) is 6.10. The molecule has 0 unspecified atom stereocenters. The van der Waals surface area contributed by atoms with Crippen molar-refractivity contribution in [1.82, 2.24) is 29.7 Å². The first-order valence-electron chi connectivity index (χ1n) is 13.3. The smallest absolute Gasteiger partial charge is 0.406 e. The molecule has 12 nitrogen and oxygen atoms in total. The van der Waals surface area contributed by atoms with E-state index in [-0.39, 0.29) is 23.2 Å². The van der Waals surface area contributed by atoms with Crippen LogP contribution < -0.4 is 19.7 Å². The summed E-state index contributed by atoms with van der Waals surface area (Å²) >= 11 is 3.41. The molecule has 1 saturated heterocycles. The lowest BCUT2D eigenvalue weighted by Gasteiger charge is -2.32. The molecule has 0 saturated carbocycles. The van der Waals surface area contributed by atoms with Crippen LogP contribution >= 0.6 is 15.9 Å². The van der Waals surface area contributed by atoms with Crippen molar-refractivity contribution in [3.63, 3.8) is 0 Å². The number of benzene rings is 2. The Bertz CT molecular complexity index is 1770. The maximum atomic E-state index is 13.2. The third kappa shape index (κ3) is 7.82. The summed E-state index contributed by atoms with van der Waals surface area (Å²) in [5.74, 6) is -0.0360. The molecule has 2 aromatic carbocycles. The number of aromatic nitrogens is 4.